The van der Waals surface area contributed by atoms with Gasteiger partial charge in [-0.05, 0) is 44.8 Å². The molecule has 0 spiro atoms. The van der Waals surface area contributed by atoms with Gasteiger partial charge in [-0.15, -0.1) is 0 Å². The molecule has 6 nitrogen and oxygen atoms in total. The zero-order valence-electron chi connectivity index (χ0n) is 16.5. The number of nitrogens with one attached hydrogen (secondary N) is 1. The molecule has 0 amide bonds. The second kappa shape index (κ2) is 10.4. The number of likely N-dealkylation sites (tertiary alicyclic amines) is 1. The summed E-state index contributed by atoms with van der Waals surface area (Å²) in [7, 11) is 1.89. The van der Waals surface area contributed by atoms with Crippen LogP contribution in [0.25, 0.3) is 0 Å². The van der Waals surface area contributed by atoms with E-state index < -0.39 is 0 Å². The summed E-state index contributed by atoms with van der Waals surface area (Å²) >= 11 is 0. The lowest BCUT2D eigenvalue weighted by atomic mass is 9.93. The van der Waals surface area contributed by atoms with Crippen LogP contribution in [0.4, 0.5) is 0 Å². The predicted octanol–water partition coefficient (Wildman–Crippen LogP) is 2.46. The summed E-state index contributed by atoms with van der Waals surface area (Å²) in [6.07, 6.45) is 9.49. The van der Waals surface area contributed by atoms with Crippen LogP contribution >= 0.6 is 0 Å². The summed E-state index contributed by atoms with van der Waals surface area (Å²) in [4.78, 5) is 13.6. The van der Waals surface area contributed by atoms with Gasteiger partial charge < -0.3 is 19.7 Å². The molecule has 0 saturated carbocycles. The summed E-state index contributed by atoms with van der Waals surface area (Å²) in [5, 5.41) is 3.56. The lowest BCUT2D eigenvalue weighted by Gasteiger charge is -2.39. The van der Waals surface area contributed by atoms with Gasteiger partial charge in [0.15, 0.2) is 5.96 Å². The van der Waals surface area contributed by atoms with Crippen LogP contribution < -0.4 is 5.32 Å². The van der Waals surface area contributed by atoms with Crippen molar-refractivity contribution < 1.29 is 0 Å². The fraction of sp³-hybridized carbons (Fsp3) is 0.789. The van der Waals surface area contributed by atoms with Gasteiger partial charge in [0.2, 0.25) is 0 Å². The predicted molar refractivity (Wildman–Crippen MR) is 105 cm³/mol. The van der Waals surface area contributed by atoms with E-state index in [1.165, 1.54) is 25.8 Å². The van der Waals surface area contributed by atoms with Gasteiger partial charge in [0.1, 0.15) is 0 Å². The number of nitrogens with zero attached hydrogens (tertiary/aromatic N) is 5. The first-order valence-corrected chi connectivity index (χ1v) is 9.84. The quantitative estimate of drug-likeness (QED) is 0.445. The molecule has 6 heteroatoms. The fourth-order valence-corrected chi connectivity index (χ4v) is 3.63. The number of aliphatic imine (C=N–C) groups is 1. The number of hydrogen-bond acceptors (Lipinski definition) is 3. The molecule has 0 aliphatic carbocycles. The second-order valence-electron chi connectivity index (χ2n) is 7.00. The number of piperidine rings is 1. The van der Waals surface area contributed by atoms with E-state index >= 15 is 0 Å². The van der Waals surface area contributed by atoms with Crippen molar-refractivity contribution in [3.63, 3.8) is 0 Å². The van der Waals surface area contributed by atoms with Crippen molar-refractivity contribution in [1.82, 2.24) is 24.7 Å². The van der Waals surface area contributed by atoms with Gasteiger partial charge in [0.25, 0.3) is 0 Å². The van der Waals surface area contributed by atoms with Crippen LogP contribution in [0.3, 0.4) is 0 Å². The Morgan fingerprint density at radius 3 is 2.76 bits per heavy atom. The molecule has 2 heterocycles. The Morgan fingerprint density at radius 2 is 2.12 bits per heavy atom. The number of hydrogen-bond donors (Lipinski definition) is 1. The Hall–Kier alpha value is -1.56. The number of imidazole rings is 1. The number of rotatable bonds is 8. The minimum Gasteiger partial charge on any atom is -0.356 e. The molecule has 1 N–H and O–H groups in total. The van der Waals surface area contributed by atoms with E-state index in [0.29, 0.717) is 12.0 Å². The topological polar surface area (TPSA) is 48.7 Å². The lowest BCUT2D eigenvalue weighted by molar-refractivity contribution is 0.189. The SMILES string of the molecule is CCN(CC)CCCCNC(=NC)N1CCC(C)C(n2ccnc2)C1. The Labute approximate surface area is 153 Å². The molecule has 25 heavy (non-hydrogen) atoms. The first-order chi connectivity index (χ1) is 12.2. The molecule has 0 aromatic carbocycles. The number of guanidine groups is 1. The largest absolute Gasteiger partial charge is 0.356 e. The molecule has 142 valence electrons. The first-order valence-electron chi connectivity index (χ1n) is 9.84. The zero-order chi connectivity index (χ0) is 18.1. The zero-order valence-corrected chi connectivity index (χ0v) is 16.5. The van der Waals surface area contributed by atoms with E-state index in [4.69, 9.17) is 0 Å². The lowest BCUT2D eigenvalue weighted by Crippen LogP contribution is -2.49. The molecular weight excluding hydrogens is 312 g/mol. The van der Waals surface area contributed by atoms with Gasteiger partial charge in [-0.25, -0.2) is 4.98 Å². The summed E-state index contributed by atoms with van der Waals surface area (Å²) in [6.45, 7) is 13.4. The molecule has 0 bridgehead atoms. The third kappa shape index (κ3) is 5.73. The fourth-order valence-electron chi connectivity index (χ4n) is 3.63. The third-order valence-electron chi connectivity index (χ3n) is 5.42. The summed E-state index contributed by atoms with van der Waals surface area (Å²) in [5.74, 6) is 1.71. The van der Waals surface area contributed by atoms with E-state index in [1.807, 2.05) is 19.6 Å². The standard InChI is InChI=1S/C19H36N6/c1-5-23(6-2)12-8-7-10-22-19(20-4)24-13-9-17(3)18(15-24)25-14-11-21-16-25/h11,14,16-18H,5-10,12-13,15H2,1-4H3,(H,20,22). The van der Waals surface area contributed by atoms with Crippen LogP contribution in [0.1, 0.15) is 46.1 Å². The van der Waals surface area contributed by atoms with Crippen LogP contribution in [0, 0.1) is 5.92 Å². The number of unbranched alkanes of at least 4 members (excludes halogenated alkanes) is 1. The molecule has 1 aromatic rings. The monoisotopic (exact) mass is 348 g/mol. The van der Waals surface area contributed by atoms with Gasteiger partial charge in [0, 0.05) is 39.1 Å². The van der Waals surface area contributed by atoms with Crippen LogP contribution in [0.15, 0.2) is 23.7 Å². The summed E-state index contributed by atoms with van der Waals surface area (Å²) in [5.41, 5.74) is 0. The highest BCUT2D eigenvalue weighted by Gasteiger charge is 2.28. The molecule has 2 unspecified atom stereocenters. The van der Waals surface area contributed by atoms with Crippen molar-refractivity contribution in [1.29, 1.82) is 0 Å². The molecule has 1 aliphatic rings. The highest BCUT2D eigenvalue weighted by atomic mass is 15.3. The van der Waals surface area contributed by atoms with Crippen molar-refractivity contribution in [2.75, 3.05) is 46.3 Å². The summed E-state index contributed by atoms with van der Waals surface area (Å²) < 4.78 is 2.24. The Kier molecular flexibility index (Phi) is 8.25. The maximum atomic E-state index is 4.51. The van der Waals surface area contributed by atoms with E-state index in [2.05, 4.69) is 56.6 Å². The van der Waals surface area contributed by atoms with E-state index in [0.717, 1.165) is 38.7 Å². The number of aromatic nitrogens is 2. The molecule has 1 aromatic heterocycles. The van der Waals surface area contributed by atoms with Gasteiger partial charge in [-0.3, -0.25) is 4.99 Å². The van der Waals surface area contributed by atoms with Crippen LogP contribution in [0.5, 0.6) is 0 Å². The molecule has 2 rings (SSSR count). The van der Waals surface area contributed by atoms with Crippen molar-refractivity contribution in [3.05, 3.63) is 18.7 Å². The van der Waals surface area contributed by atoms with Crippen LogP contribution in [-0.4, -0.2) is 71.6 Å². The van der Waals surface area contributed by atoms with Gasteiger partial charge in [0.05, 0.1) is 12.4 Å². The average molecular weight is 349 g/mol. The molecule has 1 aliphatic heterocycles. The Balaban J connectivity index is 1.78. The van der Waals surface area contributed by atoms with E-state index in [-0.39, 0.29) is 0 Å². The van der Waals surface area contributed by atoms with Crippen LogP contribution in [-0.2, 0) is 0 Å². The van der Waals surface area contributed by atoms with Crippen molar-refractivity contribution in [2.45, 2.75) is 46.1 Å². The Bertz CT molecular complexity index is 494. The van der Waals surface area contributed by atoms with E-state index in [1.54, 1.807) is 0 Å². The first kappa shape index (κ1) is 19.8. The molecule has 1 saturated heterocycles. The Morgan fingerprint density at radius 1 is 1.32 bits per heavy atom. The molecule has 1 fully saturated rings. The van der Waals surface area contributed by atoms with E-state index in [9.17, 15) is 0 Å². The maximum absolute atomic E-state index is 4.51. The van der Waals surface area contributed by atoms with Crippen molar-refractivity contribution >= 4 is 5.96 Å². The average Bonchev–Trinajstić information content (AvgIpc) is 3.16. The highest BCUT2D eigenvalue weighted by molar-refractivity contribution is 5.80. The maximum Gasteiger partial charge on any atom is 0.193 e. The van der Waals surface area contributed by atoms with Crippen molar-refractivity contribution in [3.8, 4) is 0 Å². The molecular formula is C19H36N6. The molecule has 0 radical (unpaired) electrons. The van der Waals surface area contributed by atoms with Gasteiger partial charge >= 0.3 is 0 Å². The smallest absolute Gasteiger partial charge is 0.193 e. The van der Waals surface area contributed by atoms with Crippen LogP contribution in [0.2, 0.25) is 0 Å². The van der Waals surface area contributed by atoms with Crippen molar-refractivity contribution in [2.24, 2.45) is 10.9 Å². The third-order valence-corrected chi connectivity index (χ3v) is 5.42. The minimum absolute atomic E-state index is 0.470. The normalized spacial score (nSPS) is 21.8. The van der Waals surface area contributed by atoms with Gasteiger partial charge in [-0.1, -0.05) is 20.8 Å². The van der Waals surface area contributed by atoms with Gasteiger partial charge in [-0.2, -0.15) is 0 Å². The summed E-state index contributed by atoms with van der Waals surface area (Å²) in [6, 6.07) is 0.470. The molecule has 2 atom stereocenters. The minimum atomic E-state index is 0.470. The highest BCUT2D eigenvalue weighted by Crippen LogP contribution is 2.27. The second-order valence-corrected chi connectivity index (χ2v) is 7.00.